The average molecular weight is 243 g/mol. The Kier molecular flexibility index (Phi) is 3.19. The first-order chi connectivity index (χ1) is 8.71. The molecule has 1 nitrogen and oxygen atoms in total. The summed E-state index contributed by atoms with van der Waals surface area (Å²) in [6.45, 7) is 7.29. The summed E-state index contributed by atoms with van der Waals surface area (Å²) >= 11 is 0. The van der Waals surface area contributed by atoms with E-state index < -0.39 is 0 Å². The molecule has 1 aromatic carbocycles. The van der Waals surface area contributed by atoms with Gasteiger partial charge in [-0.15, -0.1) is 0 Å². The molecule has 98 valence electrons. The van der Waals surface area contributed by atoms with Gasteiger partial charge in [0.15, 0.2) is 0 Å². The molecule has 0 radical (unpaired) electrons. The van der Waals surface area contributed by atoms with Gasteiger partial charge in [-0.1, -0.05) is 38.1 Å². The molecule has 0 N–H and O–H groups in total. The first-order valence-electron chi connectivity index (χ1n) is 7.55. The molecule has 1 heterocycles. The van der Waals surface area contributed by atoms with E-state index in [4.69, 9.17) is 0 Å². The maximum absolute atomic E-state index is 2.71. The zero-order valence-corrected chi connectivity index (χ0v) is 11.8. The molecule has 1 saturated heterocycles. The second-order valence-electron chi connectivity index (χ2n) is 6.38. The predicted octanol–water partition coefficient (Wildman–Crippen LogP) is 3.76. The number of rotatable bonds is 3. The number of hydrogen-bond donors (Lipinski definition) is 0. The van der Waals surface area contributed by atoms with Gasteiger partial charge in [-0.3, -0.25) is 0 Å². The van der Waals surface area contributed by atoms with Crippen LogP contribution in [0.25, 0.3) is 0 Å². The highest BCUT2D eigenvalue weighted by Gasteiger charge is 2.37. The number of piperidine rings is 1. The van der Waals surface area contributed by atoms with Crippen molar-refractivity contribution in [2.75, 3.05) is 13.1 Å². The Labute approximate surface area is 111 Å². The van der Waals surface area contributed by atoms with Crippen molar-refractivity contribution in [1.82, 2.24) is 4.90 Å². The average Bonchev–Trinajstić information content (AvgIpc) is 3.24. The minimum absolute atomic E-state index is 0.414. The van der Waals surface area contributed by atoms with Gasteiger partial charge in [-0.25, -0.2) is 0 Å². The molecule has 0 unspecified atom stereocenters. The van der Waals surface area contributed by atoms with Gasteiger partial charge < -0.3 is 4.90 Å². The maximum Gasteiger partial charge on any atom is 0.00964 e. The Balaban J connectivity index is 1.70. The van der Waals surface area contributed by atoms with Gasteiger partial charge in [0, 0.05) is 6.04 Å². The van der Waals surface area contributed by atoms with Gasteiger partial charge in [0.2, 0.25) is 0 Å². The molecule has 0 amide bonds. The van der Waals surface area contributed by atoms with Gasteiger partial charge in [0.25, 0.3) is 0 Å². The molecule has 1 aliphatic heterocycles. The van der Waals surface area contributed by atoms with Crippen LogP contribution >= 0.6 is 0 Å². The fourth-order valence-electron chi connectivity index (χ4n) is 3.25. The molecule has 3 rings (SSSR count). The summed E-state index contributed by atoms with van der Waals surface area (Å²) in [5.74, 6) is 0. The Morgan fingerprint density at radius 2 is 1.72 bits per heavy atom. The zero-order chi connectivity index (χ0) is 12.6. The number of aryl methyl sites for hydroxylation is 1. The van der Waals surface area contributed by atoms with Crippen LogP contribution in [0, 0.1) is 0 Å². The second-order valence-corrected chi connectivity index (χ2v) is 6.38. The van der Waals surface area contributed by atoms with Crippen molar-refractivity contribution in [2.24, 2.45) is 0 Å². The SMILES string of the molecule is CCc1ccc(C2(C)CCN(C3CC3)CC2)cc1. The van der Waals surface area contributed by atoms with E-state index in [0.717, 1.165) is 12.5 Å². The normalized spacial score (nSPS) is 24.1. The van der Waals surface area contributed by atoms with Crippen molar-refractivity contribution < 1.29 is 0 Å². The molecule has 0 atom stereocenters. The van der Waals surface area contributed by atoms with Crippen molar-refractivity contribution in [1.29, 1.82) is 0 Å². The van der Waals surface area contributed by atoms with Crippen LogP contribution in [-0.2, 0) is 11.8 Å². The maximum atomic E-state index is 2.71. The summed E-state index contributed by atoms with van der Waals surface area (Å²) < 4.78 is 0. The number of nitrogens with zero attached hydrogens (tertiary/aromatic N) is 1. The fourth-order valence-corrected chi connectivity index (χ4v) is 3.25. The molecular weight excluding hydrogens is 218 g/mol. The first kappa shape index (κ1) is 12.2. The lowest BCUT2D eigenvalue weighted by Crippen LogP contribution is -2.41. The van der Waals surface area contributed by atoms with E-state index in [0.29, 0.717) is 5.41 Å². The highest BCUT2D eigenvalue weighted by molar-refractivity contribution is 5.29. The minimum atomic E-state index is 0.414. The summed E-state index contributed by atoms with van der Waals surface area (Å²) in [7, 11) is 0. The number of hydrogen-bond acceptors (Lipinski definition) is 1. The third-order valence-corrected chi connectivity index (χ3v) is 5.02. The van der Waals surface area contributed by atoms with E-state index in [1.165, 1.54) is 44.3 Å². The highest BCUT2D eigenvalue weighted by Crippen LogP contribution is 2.38. The monoisotopic (exact) mass is 243 g/mol. The van der Waals surface area contributed by atoms with E-state index in [-0.39, 0.29) is 0 Å². The van der Waals surface area contributed by atoms with Crippen LogP contribution in [0.5, 0.6) is 0 Å². The van der Waals surface area contributed by atoms with E-state index in [1.54, 1.807) is 5.56 Å². The summed E-state index contributed by atoms with van der Waals surface area (Å²) in [4.78, 5) is 2.71. The van der Waals surface area contributed by atoms with Gasteiger partial charge in [0.1, 0.15) is 0 Å². The molecule has 18 heavy (non-hydrogen) atoms. The summed E-state index contributed by atoms with van der Waals surface area (Å²) in [5.41, 5.74) is 3.42. The Morgan fingerprint density at radius 1 is 1.11 bits per heavy atom. The highest BCUT2D eigenvalue weighted by atomic mass is 15.2. The number of likely N-dealkylation sites (tertiary alicyclic amines) is 1. The molecule has 1 saturated carbocycles. The van der Waals surface area contributed by atoms with Crippen LogP contribution < -0.4 is 0 Å². The summed E-state index contributed by atoms with van der Waals surface area (Å²) in [5, 5.41) is 0. The van der Waals surface area contributed by atoms with E-state index in [9.17, 15) is 0 Å². The molecule has 2 fully saturated rings. The van der Waals surface area contributed by atoms with Gasteiger partial charge in [-0.05, 0) is 61.7 Å². The summed E-state index contributed by atoms with van der Waals surface area (Å²) in [6, 6.07) is 10.3. The third-order valence-electron chi connectivity index (χ3n) is 5.02. The first-order valence-corrected chi connectivity index (χ1v) is 7.55. The second kappa shape index (κ2) is 4.70. The standard InChI is InChI=1S/C17H25N/c1-3-14-4-6-15(7-5-14)17(2)10-12-18(13-11-17)16-8-9-16/h4-7,16H,3,8-13H2,1-2H3. The number of benzene rings is 1. The van der Waals surface area contributed by atoms with Crippen molar-refractivity contribution in [2.45, 2.75) is 57.4 Å². The molecule has 0 bridgehead atoms. The minimum Gasteiger partial charge on any atom is -0.300 e. The van der Waals surface area contributed by atoms with Crippen molar-refractivity contribution in [3.05, 3.63) is 35.4 Å². The van der Waals surface area contributed by atoms with Gasteiger partial charge in [0.05, 0.1) is 0 Å². The van der Waals surface area contributed by atoms with Crippen molar-refractivity contribution >= 4 is 0 Å². The predicted molar refractivity (Wildman–Crippen MR) is 77.0 cm³/mol. The van der Waals surface area contributed by atoms with Crippen LogP contribution in [-0.4, -0.2) is 24.0 Å². The van der Waals surface area contributed by atoms with Gasteiger partial charge >= 0.3 is 0 Å². The lowest BCUT2D eigenvalue weighted by Gasteiger charge is -2.40. The van der Waals surface area contributed by atoms with Gasteiger partial charge in [-0.2, -0.15) is 0 Å². The van der Waals surface area contributed by atoms with Crippen LogP contribution in [0.3, 0.4) is 0 Å². The van der Waals surface area contributed by atoms with E-state index in [1.807, 2.05) is 0 Å². The van der Waals surface area contributed by atoms with Crippen molar-refractivity contribution in [3.63, 3.8) is 0 Å². The lowest BCUT2D eigenvalue weighted by molar-refractivity contribution is 0.161. The molecule has 1 heteroatoms. The topological polar surface area (TPSA) is 3.24 Å². The van der Waals surface area contributed by atoms with Crippen molar-refractivity contribution in [3.8, 4) is 0 Å². The molecule has 2 aliphatic rings. The Hall–Kier alpha value is -0.820. The molecule has 1 aliphatic carbocycles. The fraction of sp³-hybridized carbons (Fsp3) is 0.647. The van der Waals surface area contributed by atoms with Crippen LogP contribution in [0.1, 0.15) is 50.7 Å². The smallest absolute Gasteiger partial charge is 0.00964 e. The van der Waals surface area contributed by atoms with Crippen LogP contribution in [0.2, 0.25) is 0 Å². The Morgan fingerprint density at radius 3 is 2.22 bits per heavy atom. The van der Waals surface area contributed by atoms with Crippen LogP contribution in [0.4, 0.5) is 0 Å². The lowest BCUT2D eigenvalue weighted by atomic mass is 9.74. The quantitative estimate of drug-likeness (QED) is 0.781. The molecule has 1 aromatic rings. The molecular formula is C17H25N. The Bertz CT molecular complexity index is 394. The van der Waals surface area contributed by atoms with Crippen LogP contribution in [0.15, 0.2) is 24.3 Å². The largest absolute Gasteiger partial charge is 0.300 e. The van der Waals surface area contributed by atoms with E-state index in [2.05, 4.69) is 43.0 Å². The van der Waals surface area contributed by atoms with E-state index >= 15 is 0 Å². The molecule has 0 aromatic heterocycles. The molecule has 0 spiro atoms. The zero-order valence-electron chi connectivity index (χ0n) is 11.8. The summed E-state index contributed by atoms with van der Waals surface area (Å²) in [6.07, 6.45) is 6.69. The third kappa shape index (κ3) is 2.33.